The Balaban J connectivity index is 1.64. The molecule has 1 heteroatoms. The number of hydrogen-bond acceptors (Lipinski definition) is 0. The molecule has 0 N–H and O–H groups in total. The Hall–Kier alpha value is -3.21. The third-order valence-electron chi connectivity index (χ3n) is 7.59. The zero-order valence-electron chi connectivity index (χ0n) is 18.0. The highest BCUT2D eigenvalue weighted by atomic mass is 31.1. The zero-order valence-corrected chi connectivity index (χ0v) is 18.9. The lowest BCUT2D eigenvalue weighted by molar-refractivity contribution is 0.752. The highest BCUT2D eigenvalue weighted by molar-refractivity contribution is 7.70. The molecule has 4 aliphatic rings. The van der Waals surface area contributed by atoms with Gasteiger partial charge in [0.1, 0.15) is 0 Å². The van der Waals surface area contributed by atoms with Gasteiger partial charge in [-0.1, -0.05) is 117 Å². The Morgan fingerprint density at radius 3 is 1.69 bits per heavy atom. The van der Waals surface area contributed by atoms with Gasteiger partial charge >= 0.3 is 0 Å². The van der Waals surface area contributed by atoms with Crippen molar-refractivity contribution in [3.63, 3.8) is 0 Å². The van der Waals surface area contributed by atoms with E-state index in [2.05, 4.69) is 122 Å². The van der Waals surface area contributed by atoms with Crippen LogP contribution in [-0.4, -0.2) is 6.66 Å². The Labute approximate surface area is 190 Å². The van der Waals surface area contributed by atoms with E-state index >= 15 is 0 Å². The number of rotatable bonds is 2. The summed E-state index contributed by atoms with van der Waals surface area (Å²) in [7, 11) is -0.496. The average molecular weight is 426 g/mol. The summed E-state index contributed by atoms with van der Waals surface area (Å²) in [4.78, 5) is 0. The molecule has 8 rings (SSSR count). The molecule has 0 nitrogen and oxygen atoms in total. The van der Waals surface area contributed by atoms with Crippen molar-refractivity contribution in [3.8, 4) is 0 Å². The Morgan fingerprint density at radius 1 is 0.594 bits per heavy atom. The highest BCUT2D eigenvalue weighted by Crippen LogP contribution is 2.79. The van der Waals surface area contributed by atoms with Crippen LogP contribution in [0.4, 0.5) is 0 Å². The summed E-state index contributed by atoms with van der Waals surface area (Å²) in [5, 5.41) is 1.43. The van der Waals surface area contributed by atoms with Gasteiger partial charge in [-0.3, -0.25) is 0 Å². The fourth-order valence-electron chi connectivity index (χ4n) is 6.38. The first-order valence-corrected chi connectivity index (χ1v) is 13.1. The van der Waals surface area contributed by atoms with E-state index in [1.807, 2.05) is 0 Å². The maximum atomic E-state index is 2.56. The lowest BCUT2D eigenvalue weighted by atomic mass is 9.59. The normalized spacial score (nSPS) is 24.6. The minimum absolute atomic E-state index is 0.0758. The summed E-state index contributed by atoms with van der Waals surface area (Å²) in [6.07, 6.45) is 2.56. The van der Waals surface area contributed by atoms with E-state index in [4.69, 9.17) is 0 Å². The van der Waals surface area contributed by atoms with Crippen molar-refractivity contribution in [2.75, 3.05) is 6.66 Å². The van der Waals surface area contributed by atoms with E-state index in [0.717, 1.165) is 0 Å². The van der Waals surface area contributed by atoms with Crippen LogP contribution in [0.1, 0.15) is 39.3 Å². The second-order valence-corrected chi connectivity index (χ2v) is 11.2. The van der Waals surface area contributed by atoms with E-state index in [1.165, 1.54) is 49.8 Å². The minimum Gasteiger partial charge on any atom is -0.0622 e. The van der Waals surface area contributed by atoms with E-state index in [9.17, 15) is 0 Å². The number of allylic oxidation sites excluding steroid dienone is 3. The van der Waals surface area contributed by atoms with Gasteiger partial charge in [0.05, 0.1) is 5.16 Å². The standard InChI is InChI=1S/C31H23P/c1-32-28(21-12-4-2-5-13-21)20-27-29(22-14-6-3-7-15-22)30-23-16-8-10-18-25(23)31(27,32)26-19-11-9-17-24(26)30/h2-20,30H,1H3. The van der Waals surface area contributed by atoms with Crippen molar-refractivity contribution in [1.29, 1.82) is 0 Å². The Morgan fingerprint density at radius 2 is 1.09 bits per heavy atom. The zero-order chi connectivity index (χ0) is 21.3. The SMILES string of the molecule is CP1C(c2ccccc2)=CC2=C(c3ccccc3)C3c4ccccc4C21c1ccccc13. The van der Waals surface area contributed by atoms with Crippen molar-refractivity contribution in [2.24, 2.45) is 0 Å². The number of benzene rings is 4. The third kappa shape index (κ3) is 2.16. The third-order valence-corrected chi connectivity index (χ3v) is 10.4. The summed E-state index contributed by atoms with van der Waals surface area (Å²) in [5.41, 5.74) is 11.8. The molecule has 4 aromatic carbocycles. The van der Waals surface area contributed by atoms with E-state index < -0.39 is 7.92 Å². The quantitative estimate of drug-likeness (QED) is 0.285. The van der Waals surface area contributed by atoms with Crippen LogP contribution in [0, 0.1) is 0 Å². The average Bonchev–Trinajstić information content (AvgIpc) is 3.19. The largest absolute Gasteiger partial charge is 0.0697 e. The first kappa shape index (κ1) is 18.4. The van der Waals surface area contributed by atoms with Gasteiger partial charge in [-0.15, -0.1) is 0 Å². The first-order valence-electron chi connectivity index (χ1n) is 11.3. The van der Waals surface area contributed by atoms with Gasteiger partial charge < -0.3 is 0 Å². The smallest absolute Gasteiger partial charge is 0.0622 e. The van der Waals surface area contributed by atoms with Crippen LogP contribution in [0.2, 0.25) is 0 Å². The van der Waals surface area contributed by atoms with Gasteiger partial charge in [0, 0.05) is 5.92 Å². The van der Waals surface area contributed by atoms with Crippen molar-refractivity contribution in [2.45, 2.75) is 11.1 Å². The summed E-state index contributed by atoms with van der Waals surface area (Å²) in [6.45, 7) is 2.50. The molecule has 0 saturated carbocycles. The lowest BCUT2D eigenvalue weighted by Crippen LogP contribution is -2.38. The molecule has 0 saturated heterocycles. The molecule has 1 unspecified atom stereocenters. The van der Waals surface area contributed by atoms with Gasteiger partial charge in [0.15, 0.2) is 0 Å². The van der Waals surface area contributed by atoms with Crippen molar-refractivity contribution >= 4 is 18.8 Å². The molecule has 2 bridgehead atoms. The molecule has 32 heavy (non-hydrogen) atoms. The lowest BCUT2D eigenvalue weighted by Gasteiger charge is -2.51. The first-order chi connectivity index (χ1) is 15.8. The Bertz CT molecular complexity index is 1380. The van der Waals surface area contributed by atoms with Gasteiger partial charge in [0.25, 0.3) is 0 Å². The molecule has 0 amide bonds. The maximum Gasteiger partial charge on any atom is 0.0697 e. The van der Waals surface area contributed by atoms with Crippen LogP contribution in [-0.2, 0) is 5.16 Å². The summed E-state index contributed by atoms with van der Waals surface area (Å²) in [6, 6.07) is 40.6. The van der Waals surface area contributed by atoms with Crippen molar-refractivity contribution in [3.05, 3.63) is 154 Å². The van der Waals surface area contributed by atoms with Crippen molar-refractivity contribution in [1.82, 2.24) is 0 Å². The Kier molecular flexibility index (Phi) is 3.81. The predicted molar refractivity (Wildman–Crippen MR) is 136 cm³/mol. The maximum absolute atomic E-state index is 2.56. The molecule has 152 valence electrons. The molecule has 0 fully saturated rings. The van der Waals surface area contributed by atoms with Gasteiger partial charge in [-0.05, 0) is 62.6 Å². The molecule has 0 aromatic heterocycles. The van der Waals surface area contributed by atoms with Gasteiger partial charge in [-0.25, -0.2) is 0 Å². The fourth-order valence-corrected chi connectivity index (χ4v) is 9.28. The number of hydrogen-bond donors (Lipinski definition) is 0. The minimum atomic E-state index is -0.496. The molecule has 4 aromatic rings. The molecular weight excluding hydrogens is 403 g/mol. The summed E-state index contributed by atoms with van der Waals surface area (Å²) < 4.78 is 0. The second-order valence-electron chi connectivity index (χ2n) is 8.97. The van der Waals surface area contributed by atoms with Crippen LogP contribution in [0.15, 0.2) is 121 Å². The van der Waals surface area contributed by atoms with Gasteiger partial charge in [0.2, 0.25) is 0 Å². The van der Waals surface area contributed by atoms with Crippen LogP contribution in [0.25, 0.3) is 10.9 Å². The van der Waals surface area contributed by atoms with E-state index in [0.29, 0.717) is 0 Å². The fraction of sp³-hybridized carbons (Fsp3) is 0.0968. The van der Waals surface area contributed by atoms with Crippen molar-refractivity contribution < 1.29 is 0 Å². The molecule has 1 aliphatic heterocycles. The highest BCUT2D eigenvalue weighted by Gasteiger charge is 2.58. The van der Waals surface area contributed by atoms with Crippen LogP contribution < -0.4 is 0 Å². The van der Waals surface area contributed by atoms with E-state index in [-0.39, 0.29) is 11.1 Å². The van der Waals surface area contributed by atoms with Gasteiger partial charge in [-0.2, -0.15) is 0 Å². The van der Waals surface area contributed by atoms with Crippen LogP contribution >= 0.6 is 7.92 Å². The van der Waals surface area contributed by atoms with Crippen LogP contribution in [0.3, 0.4) is 0 Å². The molecule has 3 aliphatic carbocycles. The second kappa shape index (κ2) is 6.64. The summed E-state index contributed by atoms with van der Waals surface area (Å²) >= 11 is 0. The summed E-state index contributed by atoms with van der Waals surface area (Å²) in [5.74, 6) is 0.288. The molecular formula is C31H23P. The molecule has 1 heterocycles. The topological polar surface area (TPSA) is 0 Å². The van der Waals surface area contributed by atoms with E-state index in [1.54, 1.807) is 0 Å². The predicted octanol–water partition coefficient (Wildman–Crippen LogP) is 8.01. The molecule has 0 radical (unpaired) electrons. The van der Waals surface area contributed by atoms with Crippen LogP contribution in [0.5, 0.6) is 0 Å². The molecule has 1 atom stereocenters. The molecule has 1 spiro atoms. The monoisotopic (exact) mass is 426 g/mol.